The number of thiophene rings is 1. The molecule has 2 aromatic heterocycles. The summed E-state index contributed by atoms with van der Waals surface area (Å²) in [6.45, 7) is -0.152. The maximum absolute atomic E-state index is 12.5. The standard InChI is InChI=1S/C16H15N3O2S/c20-9-14(12-6-7-22-10-12)18-16(21)13-8-17-19-15(13)11-4-2-1-3-5-11/h1-8,10,14,20H,9H2,(H,17,19)(H,18,21). The molecule has 0 bridgehead atoms. The van der Waals surface area contributed by atoms with E-state index in [0.29, 0.717) is 11.3 Å². The number of benzene rings is 1. The average molecular weight is 313 g/mol. The fourth-order valence-electron chi connectivity index (χ4n) is 2.23. The van der Waals surface area contributed by atoms with Crippen molar-refractivity contribution >= 4 is 17.2 Å². The van der Waals surface area contributed by atoms with Crippen LogP contribution < -0.4 is 5.32 Å². The highest BCUT2D eigenvalue weighted by Crippen LogP contribution is 2.22. The second-order valence-corrected chi connectivity index (χ2v) is 5.57. The molecule has 1 atom stereocenters. The van der Waals surface area contributed by atoms with Gasteiger partial charge in [-0.25, -0.2) is 0 Å². The highest BCUT2D eigenvalue weighted by atomic mass is 32.1. The topological polar surface area (TPSA) is 78.0 Å². The van der Waals surface area contributed by atoms with Gasteiger partial charge in [-0.1, -0.05) is 30.3 Å². The SMILES string of the molecule is O=C(NC(CO)c1ccsc1)c1cn[nH]c1-c1ccccc1. The molecule has 1 aromatic carbocycles. The van der Waals surface area contributed by atoms with Crippen molar-refractivity contribution in [2.24, 2.45) is 0 Å². The highest BCUT2D eigenvalue weighted by Gasteiger charge is 2.19. The maximum Gasteiger partial charge on any atom is 0.255 e. The maximum atomic E-state index is 12.5. The van der Waals surface area contributed by atoms with Gasteiger partial charge < -0.3 is 10.4 Å². The molecule has 3 N–H and O–H groups in total. The number of aromatic amines is 1. The molecule has 0 spiro atoms. The van der Waals surface area contributed by atoms with E-state index in [0.717, 1.165) is 11.1 Å². The van der Waals surface area contributed by atoms with Gasteiger partial charge in [0, 0.05) is 5.56 Å². The van der Waals surface area contributed by atoms with Crippen LogP contribution in [0.3, 0.4) is 0 Å². The largest absolute Gasteiger partial charge is 0.394 e. The second kappa shape index (κ2) is 6.55. The van der Waals surface area contributed by atoms with E-state index in [1.54, 1.807) is 0 Å². The lowest BCUT2D eigenvalue weighted by molar-refractivity contribution is 0.0917. The van der Waals surface area contributed by atoms with Crippen molar-refractivity contribution in [3.8, 4) is 11.3 Å². The van der Waals surface area contributed by atoms with Crippen LogP contribution in [0.5, 0.6) is 0 Å². The molecule has 22 heavy (non-hydrogen) atoms. The number of aliphatic hydroxyl groups is 1. The average Bonchev–Trinajstić information content (AvgIpc) is 3.24. The Labute approximate surface area is 131 Å². The van der Waals surface area contributed by atoms with Gasteiger partial charge in [-0.3, -0.25) is 9.89 Å². The number of carbonyl (C=O) groups excluding carboxylic acids is 1. The molecule has 0 aliphatic carbocycles. The number of carbonyl (C=O) groups is 1. The lowest BCUT2D eigenvalue weighted by atomic mass is 10.1. The molecule has 0 fully saturated rings. The predicted octanol–water partition coefficient (Wildman–Crippen LogP) is 2.60. The van der Waals surface area contributed by atoms with E-state index in [1.165, 1.54) is 17.5 Å². The third-order valence-electron chi connectivity index (χ3n) is 3.38. The van der Waals surface area contributed by atoms with Gasteiger partial charge in [0.1, 0.15) is 0 Å². The molecule has 0 saturated heterocycles. The molecule has 0 aliphatic rings. The summed E-state index contributed by atoms with van der Waals surface area (Å²) < 4.78 is 0. The lowest BCUT2D eigenvalue weighted by Gasteiger charge is -2.15. The first kappa shape index (κ1) is 14.5. The molecule has 3 aromatic rings. The van der Waals surface area contributed by atoms with E-state index in [9.17, 15) is 9.90 Å². The molecule has 0 saturated carbocycles. The Bertz CT molecular complexity index is 738. The van der Waals surface area contributed by atoms with Crippen molar-refractivity contribution in [1.82, 2.24) is 15.5 Å². The minimum Gasteiger partial charge on any atom is -0.394 e. The Hall–Kier alpha value is -2.44. The molecular weight excluding hydrogens is 298 g/mol. The molecule has 6 heteroatoms. The number of aromatic nitrogens is 2. The smallest absolute Gasteiger partial charge is 0.255 e. The van der Waals surface area contributed by atoms with Gasteiger partial charge in [-0.05, 0) is 22.4 Å². The fourth-order valence-corrected chi connectivity index (χ4v) is 2.94. The number of amides is 1. The number of hydrogen-bond acceptors (Lipinski definition) is 4. The van der Waals surface area contributed by atoms with Crippen LogP contribution in [0.1, 0.15) is 22.0 Å². The zero-order valence-electron chi connectivity index (χ0n) is 11.7. The van der Waals surface area contributed by atoms with Gasteiger partial charge in [-0.2, -0.15) is 16.4 Å². The van der Waals surface area contributed by atoms with Crippen LogP contribution >= 0.6 is 11.3 Å². The first-order chi connectivity index (χ1) is 10.8. The Morgan fingerprint density at radius 3 is 2.82 bits per heavy atom. The number of nitrogens with one attached hydrogen (secondary N) is 2. The molecule has 0 aliphatic heterocycles. The third kappa shape index (κ3) is 2.93. The number of nitrogens with zero attached hydrogens (tertiary/aromatic N) is 1. The summed E-state index contributed by atoms with van der Waals surface area (Å²) in [5.74, 6) is -0.266. The van der Waals surface area contributed by atoms with E-state index >= 15 is 0 Å². The van der Waals surface area contributed by atoms with Gasteiger partial charge in [0.15, 0.2) is 0 Å². The van der Waals surface area contributed by atoms with Crippen LogP contribution in [0.25, 0.3) is 11.3 Å². The van der Waals surface area contributed by atoms with Crippen LogP contribution in [-0.2, 0) is 0 Å². The van der Waals surface area contributed by atoms with Crippen molar-refractivity contribution in [3.63, 3.8) is 0 Å². The zero-order valence-corrected chi connectivity index (χ0v) is 12.5. The molecule has 0 radical (unpaired) electrons. The molecule has 1 unspecified atom stereocenters. The third-order valence-corrected chi connectivity index (χ3v) is 4.08. The van der Waals surface area contributed by atoms with E-state index in [2.05, 4.69) is 15.5 Å². The Morgan fingerprint density at radius 2 is 2.14 bits per heavy atom. The van der Waals surface area contributed by atoms with Crippen LogP contribution in [0.2, 0.25) is 0 Å². The van der Waals surface area contributed by atoms with E-state index in [4.69, 9.17) is 0 Å². The summed E-state index contributed by atoms with van der Waals surface area (Å²) >= 11 is 1.53. The molecule has 112 valence electrons. The predicted molar refractivity (Wildman–Crippen MR) is 85.6 cm³/mol. The molecule has 1 amide bonds. The van der Waals surface area contributed by atoms with Crippen LogP contribution in [-0.4, -0.2) is 27.8 Å². The first-order valence-electron chi connectivity index (χ1n) is 6.82. The summed E-state index contributed by atoms with van der Waals surface area (Å²) in [6, 6.07) is 11.0. The quantitative estimate of drug-likeness (QED) is 0.677. The summed E-state index contributed by atoms with van der Waals surface area (Å²) in [5, 5.41) is 23.0. The first-order valence-corrected chi connectivity index (χ1v) is 7.76. The molecular formula is C16H15N3O2S. The minimum atomic E-state index is -0.419. The Kier molecular flexibility index (Phi) is 4.32. The highest BCUT2D eigenvalue weighted by molar-refractivity contribution is 7.08. The summed E-state index contributed by atoms with van der Waals surface area (Å²) in [6.07, 6.45) is 1.50. The van der Waals surface area contributed by atoms with Gasteiger partial charge in [0.05, 0.1) is 30.1 Å². The van der Waals surface area contributed by atoms with E-state index in [1.807, 2.05) is 47.2 Å². The molecule has 5 nitrogen and oxygen atoms in total. The van der Waals surface area contributed by atoms with Crippen LogP contribution in [0.15, 0.2) is 53.4 Å². The van der Waals surface area contributed by atoms with Crippen molar-refractivity contribution in [2.45, 2.75) is 6.04 Å². The van der Waals surface area contributed by atoms with Crippen molar-refractivity contribution in [2.75, 3.05) is 6.61 Å². The fraction of sp³-hybridized carbons (Fsp3) is 0.125. The van der Waals surface area contributed by atoms with Gasteiger partial charge in [0.2, 0.25) is 0 Å². The van der Waals surface area contributed by atoms with Gasteiger partial charge in [0.25, 0.3) is 5.91 Å². The Balaban J connectivity index is 1.83. The number of H-pyrrole nitrogens is 1. The number of hydrogen-bond donors (Lipinski definition) is 3. The molecule has 3 rings (SSSR count). The lowest BCUT2D eigenvalue weighted by Crippen LogP contribution is -2.30. The monoisotopic (exact) mass is 313 g/mol. The second-order valence-electron chi connectivity index (χ2n) is 4.79. The van der Waals surface area contributed by atoms with Crippen molar-refractivity contribution in [3.05, 3.63) is 64.5 Å². The van der Waals surface area contributed by atoms with Crippen LogP contribution in [0, 0.1) is 0 Å². The Morgan fingerprint density at radius 1 is 1.32 bits per heavy atom. The van der Waals surface area contributed by atoms with Crippen molar-refractivity contribution in [1.29, 1.82) is 0 Å². The van der Waals surface area contributed by atoms with Crippen LogP contribution in [0.4, 0.5) is 0 Å². The van der Waals surface area contributed by atoms with Crippen molar-refractivity contribution < 1.29 is 9.90 Å². The minimum absolute atomic E-state index is 0.152. The molecule has 2 heterocycles. The van der Waals surface area contributed by atoms with Gasteiger partial charge in [-0.15, -0.1) is 0 Å². The summed E-state index contributed by atoms with van der Waals surface area (Å²) in [5.41, 5.74) is 2.91. The normalized spacial score (nSPS) is 12.0. The summed E-state index contributed by atoms with van der Waals surface area (Å²) in [7, 11) is 0. The number of rotatable bonds is 5. The van der Waals surface area contributed by atoms with E-state index < -0.39 is 6.04 Å². The van der Waals surface area contributed by atoms with E-state index in [-0.39, 0.29) is 12.5 Å². The zero-order chi connectivity index (χ0) is 15.4. The number of aliphatic hydroxyl groups excluding tert-OH is 1. The van der Waals surface area contributed by atoms with Gasteiger partial charge >= 0.3 is 0 Å². The summed E-state index contributed by atoms with van der Waals surface area (Å²) in [4.78, 5) is 12.5.